The number of nitrogens with two attached hydrogens (primary N) is 1. The maximum absolute atomic E-state index is 10.1. The van der Waals surface area contributed by atoms with Crippen LogP contribution in [0.3, 0.4) is 0 Å². The molecule has 2 nitrogen and oxygen atoms in total. The van der Waals surface area contributed by atoms with Gasteiger partial charge < -0.3 is 10.8 Å². The largest absolute Gasteiger partial charge is 0.391 e. The van der Waals surface area contributed by atoms with E-state index in [-0.39, 0.29) is 6.04 Å². The summed E-state index contributed by atoms with van der Waals surface area (Å²) in [5.74, 6) is 0.370. The topological polar surface area (TPSA) is 46.2 Å². The SMILES string of the molecule is Cc1ccc([C@H](N)[C@H](O)C2CCC2)cc1Cl. The normalized spacial score (nSPS) is 20.2. The molecule has 1 aromatic rings. The van der Waals surface area contributed by atoms with Gasteiger partial charge >= 0.3 is 0 Å². The zero-order chi connectivity index (χ0) is 11.7. The van der Waals surface area contributed by atoms with Gasteiger partial charge in [0.25, 0.3) is 0 Å². The van der Waals surface area contributed by atoms with Gasteiger partial charge in [0, 0.05) is 5.02 Å². The highest BCUT2D eigenvalue weighted by Crippen LogP contribution is 2.34. The minimum absolute atomic E-state index is 0.316. The summed E-state index contributed by atoms with van der Waals surface area (Å²) in [6.45, 7) is 1.96. The van der Waals surface area contributed by atoms with Gasteiger partial charge in [0.2, 0.25) is 0 Å². The molecule has 1 aliphatic rings. The maximum atomic E-state index is 10.1. The Morgan fingerprint density at radius 3 is 2.62 bits per heavy atom. The fourth-order valence-corrected chi connectivity index (χ4v) is 2.28. The number of aliphatic hydroxyl groups is 1. The van der Waals surface area contributed by atoms with E-state index in [4.69, 9.17) is 17.3 Å². The first-order valence-corrected chi connectivity index (χ1v) is 6.17. The molecule has 0 bridgehead atoms. The predicted molar refractivity (Wildman–Crippen MR) is 66.5 cm³/mol. The second-order valence-electron chi connectivity index (χ2n) is 4.72. The van der Waals surface area contributed by atoms with E-state index in [1.165, 1.54) is 6.42 Å². The first-order chi connectivity index (χ1) is 7.59. The molecular weight excluding hydrogens is 222 g/mol. The van der Waals surface area contributed by atoms with Crippen molar-refractivity contribution in [2.24, 2.45) is 11.7 Å². The third-order valence-corrected chi connectivity index (χ3v) is 3.99. The molecule has 0 saturated heterocycles. The Labute approximate surface area is 101 Å². The molecular formula is C13H18ClNO. The molecule has 88 valence electrons. The van der Waals surface area contributed by atoms with E-state index in [9.17, 15) is 5.11 Å². The van der Waals surface area contributed by atoms with Crippen LogP contribution in [0.25, 0.3) is 0 Å². The average Bonchev–Trinajstić information content (AvgIpc) is 2.18. The van der Waals surface area contributed by atoms with Gasteiger partial charge in [0.1, 0.15) is 0 Å². The molecule has 0 aliphatic heterocycles. The number of aliphatic hydroxyl groups excluding tert-OH is 1. The maximum Gasteiger partial charge on any atom is 0.0760 e. The van der Waals surface area contributed by atoms with Gasteiger partial charge in [0.15, 0.2) is 0 Å². The molecule has 1 saturated carbocycles. The second kappa shape index (κ2) is 4.74. The summed E-state index contributed by atoms with van der Waals surface area (Å²) < 4.78 is 0. The van der Waals surface area contributed by atoms with Gasteiger partial charge in [-0.1, -0.05) is 30.2 Å². The molecule has 3 N–H and O–H groups in total. The Morgan fingerprint density at radius 2 is 2.12 bits per heavy atom. The van der Waals surface area contributed by atoms with Crippen LogP contribution in [-0.2, 0) is 0 Å². The fourth-order valence-electron chi connectivity index (χ4n) is 2.09. The minimum atomic E-state index is -0.437. The van der Waals surface area contributed by atoms with Gasteiger partial charge in [-0.3, -0.25) is 0 Å². The van der Waals surface area contributed by atoms with Crippen molar-refractivity contribution in [3.8, 4) is 0 Å². The van der Waals surface area contributed by atoms with Crippen LogP contribution < -0.4 is 5.73 Å². The van der Waals surface area contributed by atoms with Crippen LogP contribution >= 0.6 is 11.6 Å². The van der Waals surface area contributed by atoms with E-state index in [2.05, 4.69) is 0 Å². The van der Waals surface area contributed by atoms with Crippen molar-refractivity contribution in [1.29, 1.82) is 0 Å². The van der Waals surface area contributed by atoms with Crippen molar-refractivity contribution in [2.75, 3.05) is 0 Å². The zero-order valence-corrected chi connectivity index (χ0v) is 10.2. The van der Waals surface area contributed by atoms with Gasteiger partial charge in [0.05, 0.1) is 12.1 Å². The molecule has 0 aromatic heterocycles. The molecule has 1 aliphatic carbocycles. The Bertz CT molecular complexity index is 376. The summed E-state index contributed by atoms with van der Waals surface area (Å²) in [6.07, 6.45) is 2.96. The highest BCUT2D eigenvalue weighted by molar-refractivity contribution is 6.31. The Morgan fingerprint density at radius 1 is 1.44 bits per heavy atom. The third-order valence-electron chi connectivity index (χ3n) is 3.58. The lowest BCUT2D eigenvalue weighted by atomic mass is 9.77. The van der Waals surface area contributed by atoms with E-state index < -0.39 is 6.10 Å². The third kappa shape index (κ3) is 2.24. The van der Waals surface area contributed by atoms with Gasteiger partial charge in [-0.05, 0) is 42.9 Å². The lowest BCUT2D eigenvalue weighted by molar-refractivity contribution is 0.0414. The number of hydrogen-bond acceptors (Lipinski definition) is 2. The van der Waals surface area contributed by atoms with Crippen LogP contribution in [0.2, 0.25) is 5.02 Å². The summed E-state index contributed by atoms with van der Waals surface area (Å²) >= 11 is 6.05. The van der Waals surface area contributed by atoms with Crippen LogP contribution in [0.4, 0.5) is 0 Å². The quantitative estimate of drug-likeness (QED) is 0.852. The van der Waals surface area contributed by atoms with E-state index in [0.717, 1.165) is 24.0 Å². The molecule has 0 spiro atoms. The van der Waals surface area contributed by atoms with Gasteiger partial charge in [-0.2, -0.15) is 0 Å². The van der Waals surface area contributed by atoms with E-state index in [0.29, 0.717) is 10.9 Å². The first kappa shape index (κ1) is 11.9. The number of aryl methyl sites for hydroxylation is 1. The highest BCUT2D eigenvalue weighted by atomic mass is 35.5. The summed E-state index contributed by atoms with van der Waals surface area (Å²) in [6, 6.07) is 5.45. The van der Waals surface area contributed by atoms with Crippen molar-refractivity contribution in [1.82, 2.24) is 0 Å². The van der Waals surface area contributed by atoms with Gasteiger partial charge in [-0.25, -0.2) is 0 Å². The molecule has 2 atom stereocenters. The second-order valence-corrected chi connectivity index (χ2v) is 5.12. The van der Waals surface area contributed by atoms with Crippen LogP contribution in [0, 0.1) is 12.8 Å². The van der Waals surface area contributed by atoms with Crippen molar-refractivity contribution >= 4 is 11.6 Å². The Kier molecular flexibility index (Phi) is 3.53. The van der Waals surface area contributed by atoms with E-state index >= 15 is 0 Å². The lowest BCUT2D eigenvalue weighted by Crippen LogP contribution is -2.36. The molecule has 3 heteroatoms. The Hall–Kier alpha value is -0.570. The Balaban J connectivity index is 2.12. The highest BCUT2D eigenvalue weighted by Gasteiger charge is 2.30. The number of benzene rings is 1. The fraction of sp³-hybridized carbons (Fsp3) is 0.538. The predicted octanol–water partition coefficient (Wildman–Crippen LogP) is 2.81. The molecule has 0 heterocycles. The number of hydrogen-bond donors (Lipinski definition) is 2. The van der Waals surface area contributed by atoms with Gasteiger partial charge in [-0.15, -0.1) is 0 Å². The summed E-state index contributed by atoms with van der Waals surface area (Å²) in [5.41, 5.74) is 8.02. The zero-order valence-electron chi connectivity index (χ0n) is 9.49. The molecule has 16 heavy (non-hydrogen) atoms. The van der Waals surface area contributed by atoms with Crippen molar-refractivity contribution in [3.63, 3.8) is 0 Å². The molecule has 0 radical (unpaired) electrons. The monoisotopic (exact) mass is 239 g/mol. The average molecular weight is 240 g/mol. The van der Waals surface area contributed by atoms with Crippen LogP contribution in [-0.4, -0.2) is 11.2 Å². The molecule has 0 unspecified atom stereocenters. The lowest BCUT2D eigenvalue weighted by Gasteiger charge is -2.33. The van der Waals surface area contributed by atoms with Crippen LogP contribution in [0.5, 0.6) is 0 Å². The molecule has 1 fully saturated rings. The number of rotatable bonds is 3. The first-order valence-electron chi connectivity index (χ1n) is 5.79. The van der Waals surface area contributed by atoms with Crippen LogP contribution in [0.1, 0.15) is 36.4 Å². The number of halogens is 1. The van der Waals surface area contributed by atoms with Crippen molar-refractivity contribution in [2.45, 2.75) is 38.3 Å². The summed E-state index contributed by atoms with van der Waals surface area (Å²) in [7, 11) is 0. The van der Waals surface area contributed by atoms with E-state index in [1.54, 1.807) is 0 Å². The standard InChI is InChI=1S/C13H18ClNO/c1-8-5-6-10(7-11(8)14)12(15)13(16)9-3-2-4-9/h5-7,9,12-13,16H,2-4,15H2,1H3/t12-,13+/m0/s1. The van der Waals surface area contributed by atoms with E-state index in [1.807, 2.05) is 25.1 Å². The van der Waals surface area contributed by atoms with Crippen molar-refractivity contribution in [3.05, 3.63) is 34.3 Å². The summed E-state index contributed by atoms with van der Waals surface area (Å²) in [4.78, 5) is 0. The molecule has 2 rings (SSSR count). The smallest absolute Gasteiger partial charge is 0.0760 e. The van der Waals surface area contributed by atoms with Crippen molar-refractivity contribution < 1.29 is 5.11 Å². The molecule has 1 aromatic carbocycles. The summed E-state index contributed by atoms with van der Waals surface area (Å²) in [5, 5.41) is 10.8. The minimum Gasteiger partial charge on any atom is -0.391 e. The van der Waals surface area contributed by atoms with Crippen LogP contribution in [0.15, 0.2) is 18.2 Å². The molecule has 0 amide bonds.